The summed E-state index contributed by atoms with van der Waals surface area (Å²) in [5.41, 5.74) is 5.38. The van der Waals surface area contributed by atoms with Crippen LogP contribution in [0.25, 0.3) is 21.9 Å². The number of piperazine rings is 1. The molecule has 1 saturated heterocycles. The van der Waals surface area contributed by atoms with Crippen LogP contribution in [0.2, 0.25) is 0 Å². The number of benzene rings is 4. The quantitative estimate of drug-likeness (QED) is 0.358. The van der Waals surface area contributed by atoms with Crippen molar-refractivity contribution < 1.29 is 9.90 Å². The maximum absolute atomic E-state index is 12.2. The lowest BCUT2D eigenvalue weighted by Crippen LogP contribution is -2.46. The lowest BCUT2D eigenvalue weighted by molar-refractivity contribution is 0.0953. The largest absolute Gasteiger partial charge is 0.508 e. The molecule has 5 rings (SSSR count). The smallest absolute Gasteiger partial charge is 0.251 e. The van der Waals surface area contributed by atoms with Gasteiger partial charge < -0.3 is 15.3 Å². The van der Waals surface area contributed by atoms with Gasteiger partial charge in [-0.15, -0.1) is 0 Å². The Kier molecular flexibility index (Phi) is 7.19. The number of fused-ring (bicyclic) bond motifs is 1. The van der Waals surface area contributed by atoms with Gasteiger partial charge in [0, 0.05) is 50.5 Å². The Morgan fingerprint density at radius 2 is 1.61 bits per heavy atom. The molecule has 1 heterocycles. The fraction of sp³-hybridized carbons (Fsp3) is 0.258. The number of carbonyl (C=O) groups is 1. The molecule has 1 fully saturated rings. The van der Waals surface area contributed by atoms with E-state index < -0.39 is 0 Å². The molecule has 36 heavy (non-hydrogen) atoms. The highest BCUT2D eigenvalue weighted by Crippen LogP contribution is 2.33. The molecular weight excluding hydrogens is 446 g/mol. The van der Waals surface area contributed by atoms with E-state index in [0.29, 0.717) is 12.1 Å². The van der Waals surface area contributed by atoms with Crippen LogP contribution in [0.1, 0.15) is 29.3 Å². The minimum atomic E-state index is -0.00414. The number of anilines is 1. The van der Waals surface area contributed by atoms with E-state index in [1.165, 1.54) is 22.0 Å². The first-order valence-electron chi connectivity index (χ1n) is 12.8. The maximum Gasteiger partial charge on any atom is 0.251 e. The predicted molar refractivity (Wildman–Crippen MR) is 148 cm³/mol. The van der Waals surface area contributed by atoms with Crippen LogP contribution in [-0.4, -0.2) is 48.6 Å². The van der Waals surface area contributed by atoms with Gasteiger partial charge >= 0.3 is 0 Å². The highest BCUT2D eigenvalue weighted by molar-refractivity contribution is 5.98. The maximum atomic E-state index is 12.2. The molecule has 2 N–H and O–H groups in total. The topological polar surface area (TPSA) is 55.8 Å². The first-order chi connectivity index (χ1) is 17.6. The monoisotopic (exact) mass is 479 g/mol. The number of phenolic OH excluding ortho intramolecular Hbond substituents is 1. The number of hydrogen-bond donors (Lipinski definition) is 2. The molecule has 0 radical (unpaired) electrons. The Labute approximate surface area is 213 Å². The molecule has 0 aliphatic carbocycles. The van der Waals surface area contributed by atoms with Crippen LogP contribution in [0.3, 0.4) is 0 Å². The molecule has 0 atom stereocenters. The first kappa shape index (κ1) is 23.9. The third-order valence-electron chi connectivity index (χ3n) is 6.97. The zero-order chi connectivity index (χ0) is 24.9. The molecular formula is C31H33N3O2. The molecule has 5 heteroatoms. The van der Waals surface area contributed by atoms with Crippen molar-refractivity contribution in [1.29, 1.82) is 0 Å². The second-order valence-electron chi connectivity index (χ2n) is 9.43. The zero-order valence-electron chi connectivity index (χ0n) is 20.8. The van der Waals surface area contributed by atoms with Crippen LogP contribution in [0.5, 0.6) is 5.75 Å². The van der Waals surface area contributed by atoms with E-state index in [0.717, 1.165) is 50.3 Å². The molecule has 184 valence electrons. The lowest BCUT2D eigenvalue weighted by Gasteiger charge is -2.36. The van der Waals surface area contributed by atoms with Crippen molar-refractivity contribution >= 4 is 22.4 Å². The van der Waals surface area contributed by atoms with Gasteiger partial charge in [0.25, 0.3) is 5.91 Å². The predicted octanol–water partition coefficient (Wildman–Crippen LogP) is 5.67. The van der Waals surface area contributed by atoms with Crippen molar-refractivity contribution in [3.05, 3.63) is 96.1 Å². The van der Waals surface area contributed by atoms with Gasteiger partial charge in [-0.2, -0.15) is 0 Å². The summed E-state index contributed by atoms with van der Waals surface area (Å²) in [7, 11) is 0. The van der Waals surface area contributed by atoms with Crippen LogP contribution in [0, 0.1) is 0 Å². The zero-order valence-corrected chi connectivity index (χ0v) is 20.8. The van der Waals surface area contributed by atoms with Gasteiger partial charge in [0.05, 0.1) is 0 Å². The van der Waals surface area contributed by atoms with Gasteiger partial charge in [-0.3, -0.25) is 9.69 Å². The molecule has 0 saturated carbocycles. The van der Waals surface area contributed by atoms with Gasteiger partial charge in [-0.1, -0.05) is 55.5 Å². The van der Waals surface area contributed by atoms with Gasteiger partial charge in [-0.25, -0.2) is 0 Å². The third-order valence-corrected chi connectivity index (χ3v) is 6.97. The van der Waals surface area contributed by atoms with E-state index in [4.69, 9.17) is 0 Å². The Hall–Kier alpha value is -3.83. The summed E-state index contributed by atoms with van der Waals surface area (Å²) in [5, 5.41) is 15.4. The lowest BCUT2D eigenvalue weighted by atomic mass is 9.94. The number of nitrogens with zero attached hydrogens (tertiary/aromatic N) is 2. The molecule has 0 spiro atoms. The molecule has 1 amide bonds. The molecule has 1 aliphatic rings. The average molecular weight is 480 g/mol. The summed E-state index contributed by atoms with van der Waals surface area (Å²) in [6, 6.07) is 28.4. The van der Waals surface area contributed by atoms with Crippen molar-refractivity contribution in [1.82, 2.24) is 10.2 Å². The number of carbonyl (C=O) groups excluding carboxylic acids is 1. The van der Waals surface area contributed by atoms with Gasteiger partial charge in [0.15, 0.2) is 0 Å². The fourth-order valence-electron chi connectivity index (χ4n) is 4.99. The third kappa shape index (κ3) is 5.21. The van der Waals surface area contributed by atoms with E-state index >= 15 is 0 Å². The van der Waals surface area contributed by atoms with Crippen molar-refractivity contribution in [2.45, 2.75) is 19.9 Å². The fourth-order valence-corrected chi connectivity index (χ4v) is 4.99. The standard InChI is InChI=1S/C31H33N3O2/c1-2-16-32-31(36)23-10-13-26(14-11-23)34-19-17-33(18-20-34)22-25-12-15-29(24-6-5-7-27(35)21-24)30-9-4-3-8-28(25)30/h3-15,21,35H,2,16-20,22H2,1H3,(H,32,36). The molecule has 4 aromatic carbocycles. The van der Waals surface area contributed by atoms with Crippen molar-refractivity contribution in [2.24, 2.45) is 0 Å². The van der Waals surface area contributed by atoms with Crippen molar-refractivity contribution in [3.63, 3.8) is 0 Å². The SMILES string of the molecule is CCCNC(=O)c1ccc(N2CCN(Cc3ccc(-c4cccc(O)c4)c4ccccc34)CC2)cc1. The molecule has 4 aromatic rings. The summed E-state index contributed by atoms with van der Waals surface area (Å²) in [6.07, 6.45) is 0.936. The number of hydrogen-bond acceptors (Lipinski definition) is 4. The van der Waals surface area contributed by atoms with Crippen LogP contribution in [0.4, 0.5) is 5.69 Å². The van der Waals surface area contributed by atoms with E-state index in [1.807, 2.05) is 30.3 Å². The van der Waals surface area contributed by atoms with Crippen LogP contribution < -0.4 is 10.2 Å². The highest BCUT2D eigenvalue weighted by Gasteiger charge is 2.19. The number of amides is 1. The van der Waals surface area contributed by atoms with Crippen molar-refractivity contribution in [2.75, 3.05) is 37.6 Å². The van der Waals surface area contributed by atoms with Gasteiger partial charge in [-0.05, 0) is 70.3 Å². The number of aromatic hydroxyl groups is 1. The molecule has 0 bridgehead atoms. The molecule has 0 aromatic heterocycles. The van der Waals surface area contributed by atoms with Gasteiger partial charge in [0.2, 0.25) is 0 Å². The average Bonchev–Trinajstić information content (AvgIpc) is 2.92. The molecule has 1 aliphatic heterocycles. The van der Waals surface area contributed by atoms with E-state index in [9.17, 15) is 9.90 Å². The Balaban J connectivity index is 1.26. The van der Waals surface area contributed by atoms with E-state index in [-0.39, 0.29) is 11.7 Å². The summed E-state index contributed by atoms with van der Waals surface area (Å²) < 4.78 is 0. The second kappa shape index (κ2) is 10.8. The Morgan fingerprint density at radius 3 is 2.33 bits per heavy atom. The number of phenols is 1. The summed E-state index contributed by atoms with van der Waals surface area (Å²) in [5.74, 6) is 0.281. The number of rotatable bonds is 7. The molecule has 5 nitrogen and oxygen atoms in total. The highest BCUT2D eigenvalue weighted by atomic mass is 16.3. The van der Waals surface area contributed by atoms with Crippen LogP contribution in [0.15, 0.2) is 84.9 Å². The number of nitrogens with one attached hydrogen (secondary N) is 1. The minimum Gasteiger partial charge on any atom is -0.508 e. The first-order valence-corrected chi connectivity index (χ1v) is 12.8. The Morgan fingerprint density at radius 1 is 0.861 bits per heavy atom. The van der Waals surface area contributed by atoms with Gasteiger partial charge in [0.1, 0.15) is 5.75 Å². The van der Waals surface area contributed by atoms with Crippen molar-refractivity contribution in [3.8, 4) is 16.9 Å². The summed E-state index contributed by atoms with van der Waals surface area (Å²) in [6.45, 7) is 7.56. The normalized spacial score (nSPS) is 14.2. The molecule has 0 unspecified atom stereocenters. The second-order valence-corrected chi connectivity index (χ2v) is 9.43. The summed E-state index contributed by atoms with van der Waals surface area (Å²) >= 11 is 0. The minimum absolute atomic E-state index is 0.00414. The van der Waals surface area contributed by atoms with E-state index in [2.05, 4.69) is 70.6 Å². The van der Waals surface area contributed by atoms with Crippen LogP contribution >= 0.6 is 0 Å². The van der Waals surface area contributed by atoms with E-state index in [1.54, 1.807) is 6.07 Å². The Bertz CT molecular complexity index is 1340. The summed E-state index contributed by atoms with van der Waals surface area (Å²) in [4.78, 5) is 17.1. The van der Waals surface area contributed by atoms with Crippen LogP contribution in [-0.2, 0) is 6.54 Å².